The van der Waals surface area contributed by atoms with Crippen LogP contribution < -0.4 is 5.32 Å². The maximum absolute atomic E-state index is 11.0. The van der Waals surface area contributed by atoms with E-state index in [1.165, 1.54) is 0 Å². The van der Waals surface area contributed by atoms with Crippen LogP contribution in [0.4, 0.5) is 5.82 Å². The van der Waals surface area contributed by atoms with Crippen LogP contribution in [0.1, 0.15) is 57.7 Å². The first-order chi connectivity index (χ1) is 12.5. The zero-order valence-electron chi connectivity index (χ0n) is 15.6. The third-order valence-electron chi connectivity index (χ3n) is 4.68. The molecule has 2 rings (SSSR count). The summed E-state index contributed by atoms with van der Waals surface area (Å²) in [6.45, 7) is 4.86. The largest absolute Gasteiger partial charge is 0.481 e. The van der Waals surface area contributed by atoms with Crippen LogP contribution in [-0.4, -0.2) is 32.7 Å². The lowest BCUT2D eigenvalue weighted by atomic mass is 9.80. The molecular formula is C19H28N4O3. The van der Waals surface area contributed by atoms with Gasteiger partial charge in [0.25, 0.3) is 0 Å². The lowest BCUT2D eigenvalue weighted by molar-refractivity contribution is -0.139. The Bertz CT molecular complexity index is 674. The molecule has 2 heterocycles. The third kappa shape index (κ3) is 6.82. The Kier molecular flexibility index (Phi) is 7.56. The molecule has 0 aliphatic heterocycles. The Hall–Kier alpha value is -2.44. The van der Waals surface area contributed by atoms with Gasteiger partial charge in [-0.2, -0.15) is 4.98 Å². The highest BCUT2D eigenvalue weighted by Gasteiger charge is 2.26. The summed E-state index contributed by atoms with van der Waals surface area (Å²) in [4.78, 5) is 19.6. The van der Waals surface area contributed by atoms with E-state index in [1.807, 2.05) is 32.0 Å². The van der Waals surface area contributed by atoms with E-state index in [1.54, 1.807) is 6.20 Å². The van der Waals surface area contributed by atoms with Crippen molar-refractivity contribution in [1.29, 1.82) is 0 Å². The van der Waals surface area contributed by atoms with E-state index in [0.717, 1.165) is 44.5 Å². The number of unbranched alkanes of at least 4 members (excludes halogenated alkanes) is 1. The summed E-state index contributed by atoms with van der Waals surface area (Å²) in [6, 6.07) is 5.79. The lowest BCUT2D eigenvalue weighted by Crippen LogP contribution is -2.20. The van der Waals surface area contributed by atoms with Gasteiger partial charge in [0.05, 0.1) is 6.42 Å². The number of aryl methyl sites for hydroxylation is 2. The molecule has 1 unspecified atom stereocenters. The average Bonchev–Trinajstić information content (AvgIpc) is 3.08. The molecule has 2 aromatic rings. The zero-order chi connectivity index (χ0) is 18.8. The van der Waals surface area contributed by atoms with E-state index in [0.29, 0.717) is 18.1 Å². The number of hydrogen-bond donors (Lipinski definition) is 2. The van der Waals surface area contributed by atoms with Gasteiger partial charge in [0, 0.05) is 25.6 Å². The SMILES string of the molecule is CCC(C)(CCc1nc(CCCCNc2ccccn2)no1)CC(=O)O. The van der Waals surface area contributed by atoms with Crippen LogP contribution in [0.5, 0.6) is 0 Å². The van der Waals surface area contributed by atoms with Gasteiger partial charge in [-0.05, 0) is 36.8 Å². The van der Waals surface area contributed by atoms with Gasteiger partial charge in [-0.1, -0.05) is 31.5 Å². The van der Waals surface area contributed by atoms with Gasteiger partial charge in [0.15, 0.2) is 5.82 Å². The summed E-state index contributed by atoms with van der Waals surface area (Å²) >= 11 is 0. The molecule has 7 nitrogen and oxygen atoms in total. The number of rotatable bonds is 12. The van der Waals surface area contributed by atoms with Crippen LogP contribution in [0.2, 0.25) is 0 Å². The number of carbonyl (C=O) groups is 1. The summed E-state index contributed by atoms with van der Waals surface area (Å²) < 4.78 is 5.30. The fraction of sp³-hybridized carbons (Fsp3) is 0.579. The molecular weight excluding hydrogens is 332 g/mol. The smallest absolute Gasteiger partial charge is 0.303 e. The normalized spacial score (nSPS) is 13.3. The second-order valence-corrected chi connectivity index (χ2v) is 6.94. The van der Waals surface area contributed by atoms with Gasteiger partial charge in [-0.15, -0.1) is 0 Å². The quantitative estimate of drug-likeness (QED) is 0.556. The van der Waals surface area contributed by atoms with Crippen LogP contribution in [-0.2, 0) is 17.6 Å². The van der Waals surface area contributed by atoms with Crippen molar-refractivity contribution in [2.75, 3.05) is 11.9 Å². The molecule has 0 spiro atoms. The fourth-order valence-corrected chi connectivity index (χ4v) is 2.75. The number of aliphatic carboxylic acids is 1. The Morgan fingerprint density at radius 1 is 1.31 bits per heavy atom. The summed E-state index contributed by atoms with van der Waals surface area (Å²) in [5.41, 5.74) is -0.238. The number of nitrogens with zero attached hydrogens (tertiary/aromatic N) is 3. The number of aromatic nitrogens is 3. The Morgan fingerprint density at radius 3 is 2.85 bits per heavy atom. The Morgan fingerprint density at radius 2 is 2.15 bits per heavy atom. The lowest BCUT2D eigenvalue weighted by Gasteiger charge is -2.25. The Balaban J connectivity index is 1.68. The van der Waals surface area contributed by atoms with Gasteiger partial charge in [-0.3, -0.25) is 4.79 Å². The van der Waals surface area contributed by atoms with Gasteiger partial charge in [0.1, 0.15) is 5.82 Å². The first kappa shape index (κ1) is 19.9. The maximum Gasteiger partial charge on any atom is 0.303 e. The average molecular weight is 360 g/mol. The van der Waals surface area contributed by atoms with Crippen molar-refractivity contribution in [2.24, 2.45) is 5.41 Å². The first-order valence-electron chi connectivity index (χ1n) is 9.19. The number of nitrogens with one attached hydrogen (secondary N) is 1. The minimum Gasteiger partial charge on any atom is -0.481 e. The van der Waals surface area contributed by atoms with Crippen molar-refractivity contribution in [1.82, 2.24) is 15.1 Å². The second-order valence-electron chi connectivity index (χ2n) is 6.94. The van der Waals surface area contributed by atoms with Crippen LogP contribution >= 0.6 is 0 Å². The molecule has 0 aromatic carbocycles. The monoisotopic (exact) mass is 360 g/mol. The van der Waals surface area contributed by atoms with Gasteiger partial charge in [-0.25, -0.2) is 4.98 Å². The molecule has 0 fully saturated rings. The van der Waals surface area contributed by atoms with E-state index in [4.69, 9.17) is 9.63 Å². The number of anilines is 1. The number of carboxylic acids is 1. The third-order valence-corrected chi connectivity index (χ3v) is 4.68. The fourth-order valence-electron chi connectivity index (χ4n) is 2.75. The van der Waals surface area contributed by atoms with Crippen molar-refractivity contribution in [2.45, 2.75) is 58.8 Å². The molecule has 0 aliphatic rings. The zero-order valence-corrected chi connectivity index (χ0v) is 15.6. The molecule has 26 heavy (non-hydrogen) atoms. The molecule has 7 heteroatoms. The minimum absolute atomic E-state index is 0.160. The topological polar surface area (TPSA) is 101 Å². The second kappa shape index (κ2) is 9.89. The van der Waals surface area contributed by atoms with Crippen molar-refractivity contribution < 1.29 is 14.4 Å². The molecule has 2 aromatic heterocycles. The van der Waals surface area contributed by atoms with Gasteiger partial charge in [0.2, 0.25) is 5.89 Å². The van der Waals surface area contributed by atoms with Crippen molar-refractivity contribution in [3.63, 3.8) is 0 Å². The first-order valence-corrected chi connectivity index (χ1v) is 9.19. The van der Waals surface area contributed by atoms with E-state index >= 15 is 0 Å². The van der Waals surface area contributed by atoms with Gasteiger partial charge >= 0.3 is 5.97 Å². The number of carboxylic acid groups (broad SMARTS) is 1. The highest BCUT2D eigenvalue weighted by molar-refractivity contribution is 5.67. The molecule has 142 valence electrons. The van der Waals surface area contributed by atoms with E-state index in [2.05, 4.69) is 20.4 Å². The number of hydrogen-bond acceptors (Lipinski definition) is 6. The van der Waals surface area contributed by atoms with Crippen LogP contribution in [0.15, 0.2) is 28.9 Å². The van der Waals surface area contributed by atoms with Gasteiger partial charge < -0.3 is 14.9 Å². The summed E-state index contributed by atoms with van der Waals surface area (Å²) in [7, 11) is 0. The predicted octanol–water partition coefficient (Wildman–Crippen LogP) is 3.72. The Labute approximate surface area is 154 Å². The van der Waals surface area contributed by atoms with Crippen molar-refractivity contribution in [3.05, 3.63) is 36.1 Å². The van der Waals surface area contributed by atoms with Crippen molar-refractivity contribution >= 4 is 11.8 Å². The highest BCUT2D eigenvalue weighted by Crippen LogP contribution is 2.31. The summed E-state index contributed by atoms with van der Waals surface area (Å²) in [5, 5.41) is 16.3. The molecule has 2 N–H and O–H groups in total. The summed E-state index contributed by atoms with van der Waals surface area (Å²) in [5.74, 6) is 1.43. The molecule has 0 saturated heterocycles. The summed E-state index contributed by atoms with van der Waals surface area (Å²) in [6.07, 6.45) is 6.81. The van der Waals surface area contributed by atoms with Crippen LogP contribution in [0.3, 0.4) is 0 Å². The van der Waals surface area contributed by atoms with E-state index in [-0.39, 0.29) is 11.8 Å². The molecule has 0 aliphatic carbocycles. The molecule has 1 atom stereocenters. The standard InChI is InChI=1S/C19H28N4O3/c1-3-19(2,14-18(24)25)11-10-17-22-16(23-26-17)9-5-7-13-21-15-8-4-6-12-20-15/h4,6,8,12H,3,5,7,9-11,13-14H2,1-2H3,(H,20,21)(H,24,25). The van der Waals surface area contributed by atoms with Crippen molar-refractivity contribution in [3.8, 4) is 0 Å². The minimum atomic E-state index is -0.764. The molecule has 0 amide bonds. The van der Waals surface area contributed by atoms with E-state index in [9.17, 15) is 4.79 Å². The van der Waals surface area contributed by atoms with Crippen LogP contribution in [0, 0.1) is 5.41 Å². The number of pyridine rings is 1. The molecule has 0 saturated carbocycles. The van der Waals surface area contributed by atoms with E-state index < -0.39 is 5.97 Å². The van der Waals surface area contributed by atoms with Crippen LogP contribution in [0.25, 0.3) is 0 Å². The molecule has 0 bridgehead atoms. The highest BCUT2D eigenvalue weighted by atomic mass is 16.5. The predicted molar refractivity (Wildman–Crippen MR) is 98.9 cm³/mol. The maximum atomic E-state index is 11.0. The molecule has 0 radical (unpaired) electrons.